The molecule has 2 aromatic carbocycles. The number of carbonyl (C=O) groups excluding carboxylic acids is 2. The molecule has 208 valence electrons. The number of methoxy groups -OCH3 is 1. The van der Waals surface area contributed by atoms with Gasteiger partial charge in [-0.1, -0.05) is 12.1 Å². The highest BCUT2D eigenvalue weighted by molar-refractivity contribution is 5.96. The van der Waals surface area contributed by atoms with Crippen LogP contribution in [-0.2, 0) is 18.9 Å². The Kier molecular flexibility index (Phi) is 8.79. The summed E-state index contributed by atoms with van der Waals surface area (Å²) in [5, 5.41) is 0. The van der Waals surface area contributed by atoms with Crippen LogP contribution in [0.1, 0.15) is 56.2 Å². The van der Waals surface area contributed by atoms with E-state index in [1.165, 1.54) is 33.5 Å². The molecule has 1 unspecified atom stereocenters. The third kappa shape index (κ3) is 7.22. The number of hydrogen-bond acceptors (Lipinski definition) is 6. The number of benzene rings is 2. The SMILES string of the molecule is COc1ccc(CNNC(=O)c2nccnc2C(C)N(C)C(=O)c2cc(C(F)(F)F)cc(C(F)(F)F)c2)cc1. The highest BCUT2D eigenvalue weighted by Gasteiger charge is 2.38. The van der Waals surface area contributed by atoms with E-state index in [1.54, 1.807) is 24.3 Å². The summed E-state index contributed by atoms with van der Waals surface area (Å²) in [4.78, 5) is 34.7. The van der Waals surface area contributed by atoms with Crippen LogP contribution >= 0.6 is 0 Å². The van der Waals surface area contributed by atoms with E-state index < -0.39 is 46.9 Å². The van der Waals surface area contributed by atoms with Crippen LogP contribution in [0.15, 0.2) is 54.9 Å². The second-order valence-corrected chi connectivity index (χ2v) is 8.33. The van der Waals surface area contributed by atoms with Crippen molar-refractivity contribution in [3.63, 3.8) is 0 Å². The van der Waals surface area contributed by atoms with Gasteiger partial charge in [-0.3, -0.25) is 20.0 Å². The highest BCUT2D eigenvalue weighted by Crippen LogP contribution is 2.37. The number of nitrogens with zero attached hydrogens (tertiary/aromatic N) is 3. The maximum Gasteiger partial charge on any atom is 0.416 e. The zero-order valence-electron chi connectivity index (χ0n) is 20.8. The van der Waals surface area contributed by atoms with Gasteiger partial charge in [-0.15, -0.1) is 0 Å². The van der Waals surface area contributed by atoms with Crippen molar-refractivity contribution in [1.29, 1.82) is 0 Å². The lowest BCUT2D eigenvalue weighted by atomic mass is 10.0. The van der Waals surface area contributed by atoms with Crippen molar-refractivity contribution in [2.45, 2.75) is 31.9 Å². The van der Waals surface area contributed by atoms with Gasteiger partial charge in [-0.05, 0) is 42.8 Å². The van der Waals surface area contributed by atoms with Gasteiger partial charge >= 0.3 is 12.4 Å². The Hall–Kier alpha value is -4.20. The molecule has 0 aliphatic heterocycles. The maximum absolute atomic E-state index is 13.2. The van der Waals surface area contributed by atoms with Gasteiger partial charge in [0.05, 0.1) is 30.0 Å². The fourth-order valence-electron chi connectivity index (χ4n) is 3.50. The maximum atomic E-state index is 13.2. The Morgan fingerprint density at radius 3 is 2.05 bits per heavy atom. The minimum absolute atomic E-state index is 0.0277. The fourth-order valence-corrected chi connectivity index (χ4v) is 3.50. The van der Waals surface area contributed by atoms with Crippen LogP contribution in [0.2, 0.25) is 0 Å². The Balaban J connectivity index is 1.80. The molecule has 2 N–H and O–H groups in total. The molecular formula is C25H23F6N5O3. The minimum Gasteiger partial charge on any atom is -0.497 e. The molecule has 2 amide bonds. The number of rotatable bonds is 8. The number of amides is 2. The molecule has 8 nitrogen and oxygen atoms in total. The van der Waals surface area contributed by atoms with Crippen LogP contribution in [-0.4, -0.2) is 40.8 Å². The first-order valence-corrected chi connectivity index (χ1v) is 11.3. The average molecular weight is 555 g/mol. The van der Waals surface area contributed by atoms with Gasteiger partial charge in [0.25, 0.3) is 11.8 Å². The smallest absolute Gasteiger partial charge is 0.416 e. The van der Waals surface area contributed by atoms with Crippen LogP contribution in [0.25, 0.3) is 0 Å². The number of carbonyl (C=O) groups is 2. The quantitative estimate of drug-likeness (QED) is 0.307. The minimum atomic E-state index is -5.12. The highest BCUT2D eigenvalue weighted by atomic mass is 19.4. The van der Waals surface area contributed by atoms with E-state index in [1.807, 2.05) is 0 Å². The van der Waals surface area contributed by atoms with E-state index in [2.05, 4.69) is 20.8 Å². The van der Waals surface area contributed by atoms with Crippen molar-refractivity contribution in [3.8, 4) is 5.75 Å². The zero-order valence-corrected chi connectivity index (χ0v) is 20.8. The van der Waals surface area contributed by atoms with Crippen LogP contribution in [0.5, 0.6) is 5.75 Å². The van der Waals surface area contributed by atoms with E-state index >= 15 is 0 Å². The van der Waals surface area contributed by atoms with Gasteiger partial charge in [0, 0.05) is 31.5 Å². The molecule has 0 aliphatic rings. The van der Waals surface area contributed by atoms with Crippen LogP contribution in [0, 0.1) is 0 Å². The van der Waals surface area contributed by atoms with Crippen molar-refractivity contribution in [1.82, 2.24) is 25.7 Å². The number of ether oxygens (including phenoxy) is 1. The number of alkyl halides is 6. The molecule has 0 radical (unpaired) electrons. The molecule has 1 aromatic heterocycles. The summed E-state index contributed by atoms with van der Waals surface area (Å²) in [5.41, 5.74) is 1.67. The van der Waals surface area contributed by atoms with Crippen molar-refractivity contribution in [3.05, 3.63) is 88.5 Å². The molecule has 0 spiro atoms. The average Bonchev–Trinajstić information content (AvgIpc) is 2.90. The molecule has 3 aromatic rings. The number of aromatic nitrogens is 2. The number of hydrazine groups is 1. The van der Waals surface area contributed by atoms with Crippen molar-refractivity contribution in [2.75, 3.05) is 14.2 Å². The van der Waals surface area contributed by atoms with Gasteiger partial charge in [0.2, 0.25) is 0 Å². The van der Waals surface area contributed by atoms with Gasteiger partial charge in [-0.25, -0.2) is 10.4 Å². The van der Waals surface area contributed by atoms with Crippen LogP contribution in [0.4, 0.5) is 26.3 Å². The molecule has 0 saturated carbocycles. The van der Waals surface area contributed by atoms with E-state index in [9.17, 15) is 35.9 Å². The molecule has 39 heavy (non-hydrogen) atoms. The first-order chi connectivity index (χ1) is 18.2. The number of halogens is 6. The molecular weight excluding hydrogens is 532 g/mol. The van der Waals surface area contributed by atoms with Gasteiger partial charge < -0.3 is 9.64 Å². The van der Waals surface area contributed by atoms with Crippen molar-refractivity contribution < 1.29 is 40.7 Å². The lowest BCUT2D eigenvalue weighted by Gasteiger charge is -2.26. The molecule has 0 aliphatic carbocycles. The molecule has 0 saturated heterocycles. The summed E-state index contributed by atoms with van der Waals surface area (Å²) in [6.07, 6.45) is -7.78. The van der Waals surface area contributed by atoms with E-state index in [0.717, 1.165) is 10.5 Å². The standard InChI is InChI=1S/C25H23F6N5O3/c1-14(36(2)23(38)16-10-17(24(26,27)28)12-18(11-16)25(29,30)31)20-21(33-9-8-32-20)22(37)35-34-13-15-4-6-19(39-3)7-5-15/h4-12,14,34H,13H2,1-3H3,(H,35,37). The zero-order chi connectivity index (χ0) is 29.0. The van der Waals surface area contributed by atoms with Crippen molar-refractivity contribution in [2.24, 2.45) is 0 Å². The van der Waals surface area contributed by atoms with E-state index in [-0.39, 0.29) is 24.0 Å². The normalized spacial score (nSPS) is 12.5. The monoisotopic (exact) mass is 555 g/mol. The first kappa shape index (κ1) is 29.4. The van der Waals surface area contributed by atoms with Gasteiger partial charge in [0.15, 0.2) is 5.69 Å². The largest absolute Gasteiger partial charge is 0.497 e. The fraction of sp³-hybridized carbons (Fsp3) is 0.280. The third-order valence-corrected chi connectivity index (χ3v) is 5.73. The summed E-state index contributed by atoms with van der Waals surface area (Å²) < 4.78 is 84.5. The molecule has 14 heteroatoms. The Morgan fingerprint density at radius 2 is 1.51 bits per heavy atom. The molecule has 3 rings (SSSR count). The second-order valence-electron chi connectivity index (χ2n) is 8.33. The Morgan fingerprint density at radius 1 is 0.949 bits per heavy atom. The van der Waals surface area contributed by atoms with Crippen LogP contribution in [0.3, 0.4) is 0 Å². The van der Waals surface area contributed by atoms with E-state index in [4.69, 9.17) is 4.74 Å². The molecule has 0 bridgehead atoms. The summed E-state index contributed by atoms with van der Waals surface area (Å²) in [7, 11) is 2.69. The Labute approximate surface area is 219 Å². The van der Waals surface area contributed by atoms with E-state index in [0.29, 0.717) is 17.9 Å². The predicted molar refractivity (Wildman–Crippen MR) is 126 cm³/mol. The summed E-state index contributed by atoms with van der Waals surface area (Å²) in [6, 6.07) is 6.56. The molecule has 1 heterocycles. The van der Waals surface area contributed by atoms with Gasteiger partial charge in [-0.2, -0.15) is 26.3 Å². The van der Waals surface area contributed by atoms with Gasteiger partial charge in [0.1, 0.15) is 5.75 Å². The topological polar surface area (TPSA) is 96.4 Å². The lowest BCUT2D eigenvalue weighted by molar-refractivity contribution is -0.143. The summed E-state index contributed by atoms with van der Waals surface area (Å²) in [6.45, 7) is 1.64. The molecule has 1 atom stereocenters. The second kappa shape index (κ2) is 11.7. The first-order valence-electron chi connectivity index (χ1n) is 11.3. The van der Waals surface area contributed by atoms with Crippen LogP contribution < -0.4 is 15.6 Å². The molecule has 0 fully saturated rings. The summed E-state index contributed by atoms with van der Waals surface area (Å²) in [5.74, 6) is -1.22. The third-order valence-electron chi connectivity index (χ3n) is 5.73. The number of hydrogen-bond donors (Lipinski definition) is 2. The summed E-state index contributed by atoms with van der Waals surface area (Å²) >= 11 is 0. The predicted octanol–water partition coefficient (Wildman–Crippen LogP) is 4.79. The Bertz CT molecular complexity index is 1300. The lowest BCUT2D eigenvalue weighted by Crippen LogP contribution is -2.39. The van der Waals surface area contributed by atoms with Crippen molar-refractivity contribution >= 4 is 11.8 Å². The number of nitrogens with one attached hydrogen (secondary N) is 2.